The van der Waals surface area contributed by atoms with Crippen LogP contribution >= 0.6 is 0 Å². The number of aryl methyl sites for hydroxylation is 1. The lowest BCUT2D eigenvalue weighted by Gasteiger charge is -2.19. The van der Waals surface area contributed by atoms with Crippen LogP contribution in [-0.4, -0.2) is 21.5 Å². The maximum Gasteiger partial charge on any atom is 0.407 e. The van der Waals surface area contributed by atoms with Gasteiger partial charge in [-0.25, -0.2) is 4.79 Å². The van der Waals surface area contributed by atoms with Crippen molar-refractivity contribution < 1.29 is 9.53 Å². The van der Waals surface area contributed by atoms with Crippen LogP contribution in [0.15, 0.2) is 6.20 Å². The number of ether oxygens (including phenoxy) is 1. The third-order valence-corrected chi connectivity index (χ3v) is 2.17. The first kappa shape index (κ1) is 13.5. The molecule has 0 aliphatic heterocycles. The summed E-state index contributed by atoms with van der Waals surface area (Å²) < 4.78 is 6.83. The molecule has 6 heteroatoms. The highest BCUT2D eigenvalue weighted by Crippen LogP contribution is 2.08. The first-order chi connectivity index (χ1) is 7.83. The standard InChI is InChI=1S/C11H20N4O2/c1-11(2,3)17-10(16)13-7-9-8(5-12)6-14-15(9)4/h6H,5,7,12H2,1-4H3,(H,13,16). The zero-order valence-corrected chi connectivity index (χ0v) is 10.8. The van der Waals surface area contributed by atoms with Crippen molar-refractivity contribution in [3.63, 3.8) is 0 Å². The van der Waals surface area contributed by atoms with Crippen molar-refractivity contribution in [1.29, 1.82) is 0 Å². The molecular formula is C11H20N4O2. The van der Waals surface area contributed by atoms with Crippen LogP contribution in [0, 0.1) is 0 Å². The Bertz CT molecular complexity index is 393. The Morgan fingerprint density at radius 2 is 2.24 bits per heavy atom. The molecule has 1 amide bonds. The van der Waals surface area contributed by atoms with Gasteiger partial charge in [-0.1, -0.05) is 0 Å². The SMILES string of the molecule is Cn1ncc(CN)c1CNC(=O)OC(C)(C)C. The van der Waals surface area contributed by atoms with Crippen LogP contribution in [0.25, 0.3) is 0 Å². The Hall–Kier alpha value is -1.56. The topological polar surface area (TPSA) is 82.2 Å². The van der Waals surface area contributed by atoms with Gasteiger partial charge >= 0.3 is 6.09 Å². The van der Waals surface area contributed by atoms with Gasteiger partial charge in [-0.3, -0.25) is 4.68 Å². The van der Waals surface area contributed by atoms with Crippen LogP contribution in [-0.2, 0) is 24.9 Å². The predicted octanol–water partition coefficient (Wildman–Crippen LogP) is 0.903. The molecule has 0 atom stereocenters. The Labute approximate surface area is 101 Å². The number of rotatable bonds is 3. The third kappa shape index (κ3) is 4.07. The van der Waals surface area contributed by atoms with E-state index in [2.05, 4.69) is 10.4 Å². The minimum Gasteiger partial charge on any atom is -0.444 e. The molecule has 1 aromatic rings. The number of hydrogen-bond acceptors (Lipinski definition) is 4. The molecule has 1 aromatic heterocycles. The van der Waals surface area contributed by atoms with Crippen molar-refractivity contribution in [3.8, 4) is 0 Å². The molecule has 0 aromatic carbocycles. The highest BCUT2D eigenvalue weighted by molar-refractivity contribution is 5.67. The number of carbonyl (C=O) groups is 1. The number of aromatic nitrogens is 2. The lowest BCUT2D eigenvalue weighted by molar-refractivity contribution is 0.0522. The van der Waals surface area contributed by atoms with Crippen molar-refractivity contribution in [2.45, 2.75) is 39.5 Å². The van der Waals surface area contributed by atoms with Gasteiger partial charge in [0.05, 0.1) is 18.4 Å². The van der Waals surface area contributed by atoms with Gasteiger partial charge in [0.1, 0.15) is 5.60 Å². The molecule has 0 fully saturated rings. The number of alkyl carbamates (subject to hydrolysis) is 1. The van der Waals surface area contributed by atoms with Gasteiger partial charge in [0.25, 0.3) is 0 Å². The fraction of sp³-hybridized carbons (Fsp3) is 0.636. The molecular weight excluding hydrogens is 220 g/mol. The summed E-state index contributed by atoms with van der Waals surface area (Å²) >= 11 is 0. The average molecular weight is 240 g/mol. The smallest absolute Gasteiger partial charge is 0.407 e. The van der Waals surface area contributed by atoms with Gasteiger partial charge in [0.15, 0.2) is 0 Å². The second-order valence-corrected chi connectivity index (χ2v) is 4.80. The molecule has 0 bridgehead atoms. The summed E-state index contributed by atoms with van der Waals surface area (Å²) in [5.41, 5.74) is 6.89. The van der Waals surface area contributed by atoms with Crippen molar-refractivity contribution >= 4 is 6.09 Å². The minimum absolute atomic E-state index is 0.359. The Morgan fingerprint density at radius 1 is 1.59 bits per heavy atom. The predicted molar refractivity (Wildman–Crippen MR) is 64.2 cm³/mol. The maximum atomic E-state index is 11.5. The van der Waals surface area contributed by atoms with E-state index in [1.165, 1.54) is 0 Å². The molecule has 0 spiro atoms. The summed E-state index contributed by atoms with van der Waals surface area (Å²) in [6.07, 6.45) is 1.26. The maximum absolute atomic E-state index is 11.5. The largest absolute Gasteiger partial charge is 0.444 e. The highest BCUT2D eigenvalue weighted by Gasteiger charge is 2.16. The monoisotopic (exact) mass is 240 g/mol. The molecule has 96 valence electrons. The van der Waals surface area contributed by atoms with Crippen LogP contribution in [0.5, 0.6) is 0 Å². The Kier molecular flexibility index (Phi) is 4.11. The van der Waals surface area contributed by atoms with E-state index in [1.807, 2.05) is 27.8 Å². The molecule has 0 radical (unpaired) electrons. The molecule has 1 rings (SSSR count). The molecule has 17 heavy (non-hydrogen) atoms. The Morgan fingerprint density at radius 3 is 2.76 bits per heavy atom. The molecule has 0 unspecified atom stereocenters. The summed E-state index contributed by atoms with van der Waals surface area (Å²) in [6, 6.07) is 0. The van der Waals surface area contributed by atoms with Gasteiger partial charge in [-0.15, -0.1) is 0 Å². The quantitative estimate of drug-likeness (QED) is 0.822. The number of nitrogens with two attached hydrogens (primary N) is 1. The number of carbonyl (C=O) groups excluding carboxylic acids is 1. The first-order valence-electron chi connectivity index (χ1n) is 5.50. The van der Waals surface area contributed by atoms with Gasteiger partial charge in [0, 0.05) is 19.2 Å². The van der Waals surface area contributed by atoms with Crippen LogP contribution in [0.3, 0.4) is 0 Å². The normalized spacial score (nSPS) is 11.4. The van der Waals surface area contributed by atoms with Crippen LogP contribution < -0.4 is 11.1 Å². The molecule has 3 N–H and O–H groups in total. The van der Waals surface area contributed by atoms with Crippen molar-refractivity contribution in [2.24, 2.45) is 12.8 Å². The van der Waals surface area contributed by atoms with E-state index in [4.69, 9.17) is 10.5 Å². The van der Waals surface area contributed by atoms with E-state index in [0.717, 1.165) is 11.3 Å². The fourth-order valence-corrected chi connectivity index (χ4v) is 1.38. The Balaban J connectivity index is 2.56. The molecule has 0 aliphatic rings. The molecule has 6 nitrogen and oxygen atoms in total. The number of nitrogens with zero attached hydrogens (tertiary/aromatic N) is 2. The van der Waals surface area contributed by atoms with E-state index < -0.39 is 11.7 Å². The van der Waals surface area contributed by atoms with Crippen molar-refractivity contribution in [1.82, 2.24) is 15.1 Å². The van der Waals surface area contributed by atoms with Crippen molar-refractivity contribution in [2.75, 3.05) is 0 Å². The summed E-state index contributed by atoms with van der Waals surface area (Å²) in [5.74, 6) is 0. The van der Waals surface area contributed by atoms with Crippen molar-refractivity contribution in [3.05, 3.63) is 17.5 Å². The van der Waals surface area contributed by atoms with Gasteiger partial charge in [-0.2, -0.15) is 5.10 Å². The second kappa shape index (κ2) is 5.18. The van der Waals surface area contributed by atoms with Crippen LogP contribution in [0.1, 0.15) is 32.0 Å². The lowest BCUT2D eigenvalue weighted by atomic mass is 10.2. The molecule has 0 saturated carbocycles. The van der Waals surface area contributed by atoms with E-state index in [0.29, 0.717) is 13.1 Å². The minimum atomic E-state index is -0.493. The molecule has 0 saturated heterocycles. The van der Waals surface area contributed by atoms with E-state index in [-0.39, 0.29) is 0 Å². The van der Waals surface area contributed by atoms with Gasteiger partial charge in [-0.05, 0) is 20.8 Å². The van der Waals surface area contributed by atoms with Crippen LogP contribution in [0.2, 0.25) is 0 Å². The summed E-state index contributed by atoms with van der Waals surface area (Å²) in [6.45, 7) is 6.23. The second-order valence-electron chi connectivity index (χ2n) is 4.80. The third-order valence-electron chi connectivity index (χ3n) is 2.17. The highest BCUT2D eigenvalue weighted by atomic mass is 16.6. The van der Waals surface area contributed by atoms with E-state index in [9.17, 15) is 4.79 Å². The zero-order chi connectivity index (χ0) is 13.1. The summed E-state index contributed by atoms with van der Waals surface area (Å²) in [5, 5.41) is 6.76. The summed E-state index contributed by atoms with van der Waals surface area (Å²) in [4.78, 5) is 11.5. The molecule has 1 heterocycles. The average Bonchev–Trinajstić information content (AvgIpc) is 2.53. The van der Waals surface area contributed by atoms with Gasteiger partial charge in [0.2, 0.25) is 0 Å². The van der Waals surface area contributed by atoms with E-state index in [1.54, 1.807) is 10.9 Å². The molecule has 0 aliphatic carbocycles. The lowest BCUT2D eigenvalue weighted by Crippen LogP contribution is -2.32. The number of nitrogens with one attached hydrogen (secondary N) is 1. The fourth-order valence-electron chi connectivity index (χ4n) is 1.38. The zero-order valence-electron chi connectivity index (χ0n) is 10.8. The van der Waals surface area contributed by atoms with Gasteiger partial charge < -0.3 is 15.8 Å². The first-order valence-corrected chi connectivity index (χ1v) is 5.50. The van der Waals surface area contributed by atoms with E-state index >= 15 is 0 Å². The van der Waals surface area contributed by atoms with Crippen LogP contribution in [0.4, 0.5) is 4.79 Å². The number of hydrogen-bond donors (Lipinski definition) is 2. The summed E-state index contributed by atoms with van der Waals surface area (Å²) in [7, 11) is 1.81. The number of amides is 1.